The number of pyridine rings is 1. The Hall–Kier alpha value is -3.45. The molecule has 0 fully saturated rings. The molecule has 1 aromatic carbocycles. The molecule has 0 spiro atoms. The third-order valence-electron chi connectivity index (χ3n) is 6.00. The van der Waals surface area contributed by atoms with Crippen LogP contribution in [0.15, 0.2) is 41.8 Å². The minimum absolute atomic E-state index is 0.0632. The molecular formula is C29H32N2O4S. The number of nitrogens with one attached hydrogen (secondary N) is 1. The first kappa shape index (κ1) is 25.6. The van der Waals surface area contributed by atoms with Gasteiger partial charge in [0.2, 0.25) is 0 Å². The number of rotatable bonds is 8. The lowest BCUT2D eigenvalue weighted by molar-refractivity contribution is 0.0523. The molecule has 3 heterocycles. The van der Waals surface area contributed by atoms with Crippen molar-refractivity contribution in [1.82, 2.24) is 9.97 Å². The largest absolute Gasteiger partial charge is 0.462 e. The van der Waals surface area contributed by atoms with Crippen LogP contribution in [0.4, 0.5) is 0 Å². The number of esters is 2. The number of carbonyl (C=O) groups excluding carboxylic acids is 2. The fraction of sp³-hybridized carbons (Fsp3) is 0.345. The number of hydrogen-bond donors (Lipinski definition) is 1. The number of nitrogens with zero attached hydrogens (tertiary/aromatic N) is 1. The monoisotopic (exact) mass is 504 g/mol. The van der Waals surface area contributed by atoms with Gasteiger partial charge in [0.1, 0.15) is 0 Å². The molecule has 1 N–H and O–H groups in total. The predicted molar refractivity (Wildman–Crippen MR) is 145 cm³/mol. The Bertz CT molecular complexity index is 1350. The number of H-pyrrole nitrogens is 1. The van der Waals surface area contributed by atoms with Crippen molar-refractivity contribution in [2.75, 3.05) is 13.2 Å². The fourth-order valence-corrected chi connectivity index (χ4v) is 5.13. The number of aromatic nitrogens is 2. The van der Waals surface area contributed by atoms with Gasteiger partial charge in [0.25, 0.3) is 0 Å². The van der Waals surface area contributed by atoms with Crippen LogP contribution < -0.4 is 0 Å². The van der Waals surface area contributed by atoms with Crippen molar-refractivity contribution in [1.29, 1.82) is 0 Å². The molecule has 0 aliphatic rings. The quantitative estimate of drug-likeness (QED) is 0.250. The number of hydrogen-bond acceptors (Lipinski definition) is 6. The first-order valence-electron chi connectivity index (χ1n) is 12.4. The minimum atomic E-state index is -0.498. The van der Waals surface area contributed by atoms with Crippen LogP contribution in [0.25, 0.3) is 32.6 Å². The topological polar surface area (TPSA) is 81.3 Å². The van der Waals surface area contributed by atoms with E-state index in [-0.39, 0.29) is 25.0 Å². The highest BCUT2D eigenvalue weighted by Gasteiger charge is 2.32. The van der Waals surface area contributed by atoms with Crippen molar-refractivity contribution in [2.24, 2.45) is 0 Å². The average Bonchev–Trinajstić information content (AvgIpc) is 3.52. The molecule has 0 aliphatic carbocycles. The van der Waals surface area contributed by atoms with Gasteiger partial charge in [0.05, 0.1) is 35.7 Å². The summed E-state index contributed by atoms with van der Waals surface area (Å²) in [6.45, 7) is 11.9. The molecule has 6 nitrogen and oxygen atoms in total. The molecule has 4 aromatic rings. The zero-order valence-electron chi connectivity index (χ0n) is 21.6. The van der Waals surface area contributed by atoms with E-state index >= 15 is 0 Å². The Morgan fingerprint density at radius 1 is 0.917 bits per heavy atom. The van der Waals surface area contributed by atoms with Crippen LogP contribution >= 0.6 is 11.3 Å². The normalized spacial score (nSPS) is 11.4. The smallest absolute Gasteiger partial charge is 0.340 e. The number of benzene rings is 1. The fourth-order valence-electron chi connectivity index (χ4n) is 4.41. The third kappa shape index (κ3) is 4.80. The van der Waals surface area contributed by atoms with Gasteiger partial charge in [-0.25, -0.2) is 9.59 Å². The number of ether oxygens (including phenoxy) is 2. The molecule has 188 valence electrons. The summed E-state index contributed by atoms with van der Waals surface area (Å²) in [5, 5.41) is 3.03. The average molecular weight is 505 g/mol. The molecule has 4 rings (SSSR count). The van der Waals surface area contributed by atoms with Crippen LogP contribution in [-0.2, 0) is 9.47 Å². The summed E-state index contributed by atoms with van der Waals surface area (Å²) in [5.41, 5.74) is 5.00. The van der Waals surface area contributed by atoms with Crippen molar-refractivity contribution in [3.05, 3.63) is 64.3 Å². The lowest BCUT2D eigenvalue weighted by Crippen LogP contribution is -2.21. The second-order valence-electron chi connectivity index (χ2n) is 9.22. The van der Waals surface area contributed by atoms with Crippen molar-refractivity contribution in [3.63, 3.8) is 0 Å². The van der Waals surface area contributed by atoms with Crippen molar-refractivity contribution >= 4 is 34.2 Å². The number of carbonyl (C=O) groups is 2. The molecule has 0 bridgehead atoms. The van der Waals surface area contributed by atoms with Crippen molar-refractivity contribution < 1.29 is 19.1 Å². The van der Waals surface area contributed by atoms with Crippen LogP contribution in [-0.4, -0.2) is 35.1 Å². The van der Waals surface area contributed by atoms with E-state index in [1.165, 1.54) is 4.88 Å². The highest BCUT2D eigenvalue weighted by atomic mass is 32.1. The van der Waals surface area contributed by atoms with Gasteiger partial charge in [0.15, 0.2) is 0 Å². The van der Waals surface area contributed by atoms with E-state index in [2.05, 4.69) is 28.6 Å². The highest BCUT2D eigenvalue weighted by Crippen LogP contribution is 2.39. The third-order valence-corrected chi connectivity index (χ3v) is 6.92. The predicted octanol–water partition coefficient (Wildman–Crippen LogP) is 7.56. The van der Waals surface area contributed by atoms with Crippen LogP contribution in [0.3, 0.4) is 0 Å². The maximum absolute atomic E-state index is 13.4. The van der Waals surface area contributed by atoms with E-state index in [1.807, 2.05) is 45.9 Å². The van der Waals surface area contributed by atoms with Crippen molar-refractivity contribution in [2.45, 2.75) is 53.4 Å². The zero-order chi connectivity index (χ0) is 26.0. The Morgan fingerprint density at radius 3 is 2.03 bits per heavy atom. The van der Waals surface area contributed by atoms with Gasteiger partial charge in [0, 0.05) is 27.0 Å². The maximum atomic E-state index is 13.4. The summed E-state index contributed by atoms with van der Waals surface area (Å²) in [5.74, 6) is -1.12. The Labute approximate surface area is 215 Å². The minimum Gasteiger partial charge on any atom is -0.462 e. The summed E-state index contributed by atoms with van der Waals surface area (Å²) in [6, 6.07) is 12.3. The van der Waals surface area contributed by atoms with E-state index in [1.54, 1.807) is 25.2 Å². The Morgan fingerprint density at radius 2 is 1.53 bits per heavy atom. The molecule has 3 aromatic heterocycles. The Kier molecular flexibility index (Phi) is 7.59. The molecule has 0 atom stereocenters. The maximum Gasteiger partial charge on any atom is 0.340 e. The van der Waals surface area contributed by atoms with Crippen LogP contribution in [0.2, 0.25) is 0 Å². The van der Waals surface area contributed by atoms with Crippen molar-refractivity contribution in [3.8, 4) is 21.7 Å². The molecule has 0 saturated heterocycles. The number of thiophene rings is 1. The van der Waals surface area contributed by atoms with Gasteiger partial charge >= 0.3 is 11.9 Å². The van der Waals surface area contributed by atoms with Gasteiger partial charge in [-0.05, 0) is 54.8 Å². The van der Waals surface area contributed by atoms with E-state index < -0.39 is 11.9 Å². The lowest BCUT2D eigenvalue weighted by Gasteiger charge is -2.22. The van der Waals surface area contributed by atoms with E-state index in [4.69, 9.17) is 14.5 Å². The SMILES string of the molecule is CCOC(=O)c1c(C(C)C)nc(C(C)C)c(C(=O)OCC)c1-c1cc2ccc(-c3cccs3)cc2[nH]1. The standard InChI is InChI=1S/C29H32N2O4S/c1-7-34-28(32)24-23(25(29(33)35-8-2)27(17(5)6)31-26(24)16(3)4)21-14-18-11-12-19(15-20(18)30-21)22-10-9-13-36-22/h9-17,30H,7-8H2,1-6H3. The molecule has 0 radical (unpaired) electrons. The van der Waals surface area contributed by atoms with E-state index in [9.17, 15) is 9.59 Å². The van der Waals surface area contributed by atoms with Crippen LogP contribution in [0.1, 0.15) is 85.5 Å². The van der Waals surface area contributed by atoms with E-state index in [0.29, 0.717) is 33.8 Å². The molecule has 0 amide bonds. The first-order chi connectivity index (χ1) is 17.3. The van der Waals surface area contributed by atoms with Gasteiger partial charge in [-0.3, -0.25) is 4.98 Å². The van der Waals surface area contributed by atoms with Crippen LogP contribution in [0.5, 0.6) is 0 Å². The first-order valence-corrected chi connectivity index (χ1v) is 13.2. The molecule has 36 heavy (non-hydrogen) atoms. The lowest BCUT2D eigenvalue weighted by atomic mass is 9.89. The molecule has 0 unspecified atom stereocenters. The molecular weight excluding hydrogens is 472 g/mol. The second kappa shape index (κ2) is 10.7. The zero-order valence-corrected chi connectivity index (χ0v) is 22.4. The van der Waals surface area contributed by atoms with Gasteiger partial charge in [-0.2, -0.15) is 0 Å². The summed E-state index contributed by atoms with van der Waals surface area (Å²) in [6.07, 6.45) is 0. The molecule has 0 aliphatic heterocycles. The second-order valence-corrected chi connectivity index (χ2v) is 10.2. The van der Waals surface area contributed by atoms with E-state index in [0.717, 1.165) is 16.5 Å². The molecule has 0 saturated carbocycles. The summed E-state index contributed by atoms with van der Waals surface area (Å²) < 4.78 is 10.9. The summed E-state index contributed by atoms with van der Waals surface area (Å²) in [4.78, 5) is 36.3. The number of aromatic amines is 1. The van der Waals surface area contributed by atoms with Crippen LogP contribution in [0, 0.1) is 0 Å². The molecule has 7 heteroatoms. The Balaban J connectivity index is 2.07. The summed E-state index contributed by atoms with van der Waals surface area (Å²) >= 11 is 1.68. The van der Waals surface area contributed by atoms with Gasteiger partial charge in [-0.15, -0.1) is 11.3 Å². The van der Waals surface area contributed by atoms with Gasteiger partial charge in [-0.1, -0.05) is 45.9 Å². The number of fused-ring (bicyclic) bond motifs is 1. The highest BCUT2D eigenvalue weighted by molar-refractivity contribution is 7.13. The summed E-state index contributed by atoms with van der Waals surface area (Å²) in [7, 11) is 0. The van der Waals surface area contributed by atoms with Gasteiger partial charge < -0.3 is 14.5 Å².